The number of hydrogen-bond acceptors (Lipinski definition) is 4. The van der Waals surface area contributed by atoms with Gasteiger partial charge in [0.05, 0.1) is 23.5 Å². The lowest BCUT2D eigenvalue weighted by Crippen LogP contribution is -2.62. The van der Waals surface area contributed by atoms with Crippen molar-refractivity contribution in [2.75, 3.05) is 19.7 Å². The molecule has 1 aromatic heterocycles. The number of pyridine rings is 1. The maximum atomic E-state index is 13.4. The van der Waals surface area contributed by atoms with Gasteiger partial charge in [0, 0.05) is 37.7 Å². The van der Waals surface area contributed by atoms with Crippen LogP contribution in [-0.2, 0) is 4.74 Å². The molecular weight excluding hydrogens is 352 g/mol. The number of nitrogens with zero attached hydrogens (tertiary/aromatic N) is 2. The van der Waals surface area contributed by atoms with Gasteiger partial charge in [-0.2, -0.15) is 0 Å². The number of hydrogen-bond donors (Lipinski definition) is 1. The Morgan fingerprint density at radius 1 is 1.25 bits per heavy atom. The molecule has 1 amide bonds. The molecule has 0 radical (unpaired) electrons. The molecule has 4 rings (SSSR count). The number of aromatic nitrogens is 1. The molecule has 1 N–H and O–H groups in total. The molecule has 2 heterocycles. The molecule has 1 aromatic carbocycles. The average molecular weight is 380 g/mol. The minimum atomic E-state index is -0.318. The van der Waals surface area contributed by atoms with Crippen molar-refractivity contribution in [1.29, 1.82) is 0 Å². The van der Waals surface area contributed by atoms with Crippen molar-refractivity contribution in [2.45, 2.75) is 45.3 Å². The second kappa shape index (κ2) is 7.64. The molecule has 5 heteroatoms. The summed E-state index contributed by atoms with van der Waals surface area (Å²) in [6, 6.07) is 11.9. The van der Waals surface area contributed by atoms with Gasteiger partial charge >= 0.3 is 0 Å². The molecule has 1 saturated carbocycles. The monoisotopic (exact) mass is 380 g/mol. The van der Waals surface area contributed by atoms with E-state index < -0.39 is 0 Å². The number of aliphatic hydroxyl groups is 1. The van der Waals surface area contributed by atoms with E-state index in [1.165, 1.54) is 0 Å². The zero-order valence-electron chi connectivity index (χ0n) is 16.6. The van der Waals surface area contributed by atoms with Crippen LogP contribution < -0.4 is 0 Å². The summed E-state index contributed by atoms with van der Waals surface area (Å²) in [6.45, 7) is 5.83. The van der Waals surface area contributed by atoms with Crippen molar-refractivity contribution in [2.24, 2.45) is 5.41 Å². The van der Waals surface area contributed by atoms with E-state index in [1.807, 2.05) is 55.1 Å². The number of benzene rings is 1. The predicted octanol–water partition coefficient (Wildman–Crippen LogP) is 3.45. The Bertz CT molecular complexity index is 842. The quantitative estimate of drug-likeness (QED) is 0.882. The van der Waals surface area contributed by atoms with Crippen molar-refractivity contribution in [3.63, 3.8) is 0 Å². The highest BCUT2D eigenvalue weighted by Crippen LogP contribution is 2.51. The van der Waals surface area contributed by atoms with Crippen LogP contribution in [0.1, 0.15) is 42.2 Å². The standard InChI is InChI=1S/C23H28N2O3/c1-3-28-20-15-19(26)23(20)10-13-25(14-11-23)22(27)21-16(2)24-12-9-18(21)17-7-5-4-6-8-17/h4-9,12,19-20,26H,3,10-11,13-15H2,1-2H3. The van der Waals surface area contributed by atoms with E-state index >= 15 is 0 Å². The molecule has 5 nitrogen and oxygen atoms in total. The Labute approximate surface area is 166 Å². The third-order valence-electron chi connectivity index (χ3n) is 6.53. The minimum Gasteiger partial charge on any atom is -0.392 e. The zero-order valence-corrected chi connectivity index (χ0v) is 16.6. The van der Waals surface area contributed by atoms with Crippen molar-refractivity contribution in [3.8, 4) is 11.1 Å². The number of aliphatic hydroxyl groups excluding tert-OH is 1. The third kappa shape index (κ3) is 3.12. The van der Waals surface area contributed by atoms with Gasteiger partial charge in [-0.1, -0.05) is 30.3 Å². The summed E-state index contributed by atoms with van der Waals surface area (Å²) in [5, 5.41) is 10.4. The summed E-state index contributed by atoms with van der Waals surface area (Å²) in [7, 11) is 0. The minimum absolute atomic E-state index is 0.0288. The summed E-state index contributed by atoms with van der Waals surface area (Å²) in [6.07, 6.45) is 3.83. The van der Waals surface area contributed by atoms with Gasteiger partial charge in [-0.25, -0.2) is 0 Å². The number of amides is 1. The van der Waals surface area contributed by atoms with Gasteiger partial charge in [-0.15, -0.1) is 0 Å². The highest BCUT2D eigenvalue weighted by atomic mass is 16.5. The molecule has 2 aromatic rings. The Morgan fingerprint density at radius 2 is 1.96 bits per heavy atom. The second-order valence-corrected chi connectivity index (χ2v) is 7.91. The summed E-state index contributed by atoms with van der Waals surface area (Å²) < 4.78 is 5.84. The van der Waals surface area contributed by atoms with Crippen molar-refractivity contribution < 1.29 is 14.6 Å². The highest BCUT2D eigenvalue weighted by Gasteiger charge is 2.56. The number of likely N-dealkylation sites (tertiary alicyclic amines) is 1. The van der Waals surface area contributed by atoms with Crippen molar-refractivity contribution >= 4 is 5.91 Å². The van der Waals surface area contributed by atoms with Gasteiger partial charge in [0.1, 0.15) is 0 Å². The van der Waals surface area contributed by atoms with Gasteiger partial charge in [0.15, 0.2) is 0 Å². The van der Waals surface area contributed by atoms with Gasteiger partial charge in [0.25, 0.3) is 5.91 Å². The molecule has 1 aliphatic carbocycles. The molecule has 28 heavy (non-hydrogen) atoms. The highest BCUT2D eigenvalue weighted by molar-refractivity contribution is 6.01. The number of ether oxygens (including phenoxy) is 1. The molecule has 2 fully saturated rings. The lowest BCUT2D eigenvalue weighted by atomic mass is 9.58. The number of piperidine rings is 1. The molecule has 2 atom stereocenters. The Balaban J connectivity index is 1.56. The largest absolute Gasteiger partial charge is 0.392 e. The van der Waals surface area contributed by atoms with Crippen LogP contribution in [0.4, 0.5) is 0 Å². The molecule has 148 valence electrons. The van der Waals surface area contributed by atoms with Crippen LogP contribution in [0.2, 0.25) is 0 Å². The fourth-order valence-corrected chi connectivity index (χ4v) is 4.80. The normalized spacial score (nSPS) is 23.5. The van der Waals surface area contributed by atoms with Crippen LogP contribution in [-0.4, -0.2) is 52.8 Å². The van der Waals surface area contributed by atoms with E-state index in [9.17, 15) is 9.90 Å². The van der Waals surface area contributed by atoms with E-state index in [-0.39, 0.29) is 23.5 Å². The maximum absolute atomic E-state index is 13.4. The van der Waals surface area contributed by atoms with Gasteiger partial charge in [-0.3, -0.25) is 9.78 Å². The first-order chi connectivity index (χ1) is 13.6. The van der Waals surface area contributed by atoms with Gasteiger partial charge in [0.2, 0.25) is 0 Å². The SMILES string of the molecule is CCOC1CC(O)C12CCN(C(=O)c1c(-c3ccccc3)ccnc1C)CC2. The van der Waals surface area contributed by atoms with Crippen LogP contribution in [0, 0.1) is 12.3 Å². The first-order valence-corrected chi connectivity index (χ1v) is 10.2. The van der Waals surface area contributed by atoms with E-state index in [2.05, 4.69) is 4.98 Å². The smallest absolute Gasteiger partial charge is 0.256 e. The summed E-state index contributed by atoms with van der Waals surface area (Å²) in [4.78, 5) is 19.7. The third-order valence-corrected chi connectivity index (χ3v) is 6.53. The Morgan fingerprint density at radius 3 is 2.61 bits per heavy atom. The molecule has 2 unspecified atom stereocenters. The first kappa shape index (κ1) is 19.1. The summed E-state index contributed by atoms with van der Waals surface area (Å²) in [5.74, 6) is 0.0288. The predicted molar refractivity (Wildman–Crippen MR) is 108 cm³/mol. The van der Waals surface area contributed by atoms with Crippen LogP contribution in [0.15, 0.2) is 42.6 Å². The fourth-order valence-electron chi connectivity index (χ4n) is 4.80. The molecule has 1 aliphatic heterocycles. The number of carbonyl (C=O) groups is 1. The van der Waals surface area contributed by atoms with E-state index in [0.29, 0.717) is 31.7 Å². The van der Waals surface area contributed by atoms with Crippen molar-refractivity contribution in [3.05, 3.63) is 53.9 Å². The molecule has 0 bridgehead atoms. The molecular formula is C23H28N2O3. The Kier molecular flexibility index (Phi) is 5.21. The van der Waals surface area contributed by atoms with Crippen LogP contribution >= 0.6 is 0 Å². The van der Waals surface area contributed by atoms with Crippen LogP contribution in [0.5, 0.6) is 0 Å². The molecule has 1 spiro atoms. The maximum Gasteiger partial charge on any atom is 0.256 e. The van der Waals surface area contributed by atoms with Crippen LogP contribution in [0.3, 0.4) is 0 Å². The molecule has 1 saturated heterocycles. The topological polar surface area (TPSA) is 62.7 Å². The number of carbonyl (C=O) groups excluding carboxylic acids is 1. The van der Waals surface area contributed by atoms with Gasteiger partial charge < -0.3 is 14.7 Å². The second-order valence-electron chi connectivity index (χ2n) is 7.91. The number of rotatable bonds is 4. The van der Waals surface area contributed by atoms with Crippen LogP contribution in [0.25, 0.3) is 11.1 Å². The van der Waals surface area contributed by atoms with Gasteiger partial charge in [-0.05, 0) is 43.9 Å². The summed E-state index contributed by atoms with van der Waals surface area (Å²) >= 11 is 0. The number of aryl methyl sites for hydroxylation is 1. The lowest BCUT2D eigenvalue weighted by Gasteiger charge is -2.56. The lowest BCUT2D eigenvalue weighted by molar-refractivity contribution is -0.207. The summed E-state index contributed by atoms with van der Waals surface area (Å²) in [5.41, 5.74) is 3.20. The molecule has 2 aliphatic rings. The van der Waals surface area contributed by atoms with E-state index in [4.69, 9.17) is 4.74 Å². The fraction of sp³-hybridized carbons (Fsp3) is 0.478. The van der Waals surface area contributed by atoms with E-state index in [1.54, 1.807) is 6.20 Å². The average Bonchev–Trinajstić information content (AvgIpc) is 2.74. The van der Waals surface area contributed by atoms with Crippen molar-refractivity contribution in [1.82, 2.24) is 9.88 Å². The zero-order chi connectivity index (χ0) is 19.7. The first-order valence-electron chi connectivity index (χ1n) is 10.2. The van der Waals surface area contributed by atoms with E-state index in [0.717, 1.165) is 29.7 Å². The Hall–Kier alpha value is -2.24.